The Kier molecular flexibility index (Phi) is 10.4. The van der Waals surface area contributed by atoms with Crippen LogP contribution in [0.5, 0.6) is 0 Å². The normalized spacial score (nSPS) is 11.1. The van der Waals surface area contributed by atoms with Gasteiger partial charge in [0, 0.05) is 21.8 Å². The maximum atomic E-state index is 13.4. The van der Waals surface area contributed by atoms with E-state index in [1.807, 2.05) is 0 Å². The highest BCUT2D eigenvalue weighted by atomic mass is 35.5. The Morgan fingerprint density at radius 2 is 1.51 bits per heavy atom. The van der Waals surface area contributed by atoms with E-state index in [1.165, 1.54) is 36.0 Å². The first kappa shape index (κ1) is 30.1. The van der Waals surface area contributed by atoms with Crippen molar-refractivity contribution in [3.63, 3.8) is 0 Å². The second kappa shape index (κ2) is 14.2. The summed E-state index contributed by atoms with van der Waals surface area (Å²) in [7, 11) is 0. The molecular formula is C30H21Cl3FN3O3S. The number of halogens is 4. The zero-order valence-corrected chi connectivity index (χ0v) is 24.2. The molecule has 3 N–H and O–H groups in total. The average Bonchev–Trinajstić information content (AvgIpc) is 2.96. The summed E-state index contributed by atoms with van der Waals surface area (Å²) >= 11 is 19.5. The fourth-order valence-corrected chi connectivity index (χ4v) is 4.81. The van der Waals surface area contributed by atoms with Gasteiger partial charge in [0.05, 0.1) is 20.8 Å². The van der Waals surface area contributed by atoms with Gasteiger partial charge in [-0.25, -0.2) is 4.39 Å². The zero-order valence-electron chi connectivity index (χ0n) is 21.1. The second-order valence-corrected chi connectivity index (χ2v) is 10.7. The fraction of sp³-hybridized carbons (Fsp3) is 0.0333. The molecule has 0 saturated heterocycles. The van der Waals surface area contributed by atoms with Crippen molar-refractivity contribution in [1.29, 1.82) is 0 Å². The molecule has 0 atom stereocenters. The monoisotopic (exact) mass is 627 g/mol. The molecule has 0 aliphatic heterocycles. The number of carbonyl (C=O) groups is 3. The molecule has 0 heterocycles. The Morgan fingerprint density at radius 3 is 2.27 bits per heavy atom. The maximum Gasteiger partial charge on any atom is 0.272 e. The third kappa shape index (κ3) is 8.58. The van der Waals surface area contributed by atoms with Crippen molar-refractivity contribution in [2.24, 2.45) is 0 Å². The smallest absolute Gasteiger partial charge is 0.272 e. The van der Waals surface area contributed by atoms with Gasteiger partial charge in [-0.15, -0.1) is 11.8 Å². The van der Waals surface area contributed by atoms with Gasteiger partial charge >= 0.3 is 0 Å². The number of carbonyl (C=O) groups excluding carboxylic acids is 3. The molecule has 0 aromatic heterocycles. The van der Waals surface area contributed by atoms with Crippen LogP contribution in [-0.4, -0.2) is 23.5 Å². The molecule has 4 rings (SSSR count). The van der Waals surface area contributed by atoms with E-state index in [1.54, 1.807) is 72.8 Å². The van der Waals surface area contributed by atoms with Crippen LogP contribution < -0.4 is 16.0 Å². The van der Waals surface area contributed by atoms with Crippen LogP contribution in [0.4, 0.5) is 15.8 Å². The minimum atomic E-state index is -0.599. The molecule has 3 amide bonds. The van der Waals surface area contributed by atoms with Crippen molar-refractivity contribution in [2.75, 3.05) is 16.4 Å². The Hall–Kier alpha value is -3.82. The van der Waals surface area contributed by atoms with E-state index in [2.05, 4.69) is 16.0 Å². The quantitative estimate of drug-likeness (QED) is 0.130. The topological polar surface area (TPSA) is 87.3 Å². The number of hydrogen-bond donors (Lipinski definition) is 3. The van der Waals surface area contributed by atoms with E-state index in [-0.39, 0.29) is 27.4 Å². The van der Waals surface area contributed by atoms with Crippen molar-refractivity contribution in [3.05, 3.63) is 129 Å². The average molecular weight is 629 g/mol. The number of amides is 3. The maximum absolute atomic E-state index is 13.4. The second-order valence-electron chi connectivity index (χ2n) is 8.47. The summed E-state index contributed by atoms with van der Waals surface area (Å²) in [5.74, 6) is -1.93. The lowest BCUT2D eigenvalue weighted by Gasteiger charge is -2.13. The van der Waals surface area contributed by atoms with Gasteiger partial charge in [0.1, 0.15) is 11.5 Å². The molecule has 0 bridgehead atoms. The number of nitrogens with one attached hydrogen (secondary N) is 3. The van der Waals surface area contributed by atoms with Crippen LogP contribution in [0.3, 0.4) is 0 Å². The number of anilines is 2. The van der Waals surface area contributed by atoms with Crippen molar-refractivity contribution in [3.8, 4) is 0 Å². The summed E-state index contributed by atoms with van der Waals surface area (Å²) < 4.78 is 13.4. The van der Waals surface area contributed by atoms with E-state index in [4.69, 9.17) is 34.8 Å². The Balaban J connectivity index is 1.47. The number of benzene rings is 4. The molecule has 0 unspecified atom stereocenters. The highest BCUT2D eigenvalue weighted by Gasteiger charge is 2.17. The third-order valence-electron chi connectivity index (χ3n) is 5.48. The van der Waals surface area contributed by atoms with Crippen molar-refractivity contribution < 1.29 is 18.8 Å². The van der Waals surface area contributed by atoms with Crippen molar-refractivity contribution in [1.82, 2.24) is 5.32 Å². The summed E-state index contributed by atoms with van der Waals surface area (Å²) in [5, 5.41) is 8.51. The first-order chi connectivity index (χ1) is 19.7. The van der Waals surface area contributed by atoms with Crippen LogP contribution in [0, 0.1) is 5.82 Å². The van der Waals surface area contributed by atoms with E-state index < -0.39 is 17.6 Å². The molecule has 41 heavy (non-hydrogen) atoms. The van der Waals surface area contributed by atoms with Gasteiger partial charge in [-0.3, -0.25) is 14.4 Å². The molecular weight excluding hydrogens is 608 g/mol. The molecule has 208 valence electrons. The highest BCUT2D eigenvalue weighted by Crippen LogP contribution is 2.28. The van der Waals surface area contributed by atoms with E-state index in [9.17, 15) is 18.8 Å². The first-order valence-electron chi connectivity index (χ1n) is 12.0. The molecule has 4 aromatic carbocycles. The lowest BCUT2D eigenvalue weighted by atomic mass is 10.1. The van der Waals surface area contributed by atoms with Crippen LogP contribution in [0.2, 0.25) is 15.1 Å². The Labute approximate surface area is 254 Å². The number of hydrogen-bond acceptors (Lipinski definition) is 4. The van der Waals surface area contributed by atoms with Crippen LogP contribution >= 0.6 is 46.6 Å². The van der Waals surface area contributed by atoms with E-state index in [0.29, 0.717) is 32.4 Å². The van der Waals surface area contributed by atoms with Crippen LogP contribution in [0.1, 0.15) is 15.9 Å². The summed E-state index contributed by atoms with van der Waals surface area (Å²) in [6.07, 6.45) is 1.44. The number of thioether (sulfide) groups is 1. The standard InChI is InChI=1S/C30H21Cl3FN3O3S/c31-23-11-4-8-19(28(23)33)14-26(37-29(39)18-6-2-1-3-7-18)30(40)36-20-9-5-10-22(15-20)41-17-27(38)35-21-12-13-25(34)24(32)16-21/h1-16H,17H2,(H,35,38)(H,36,40)(H,37,39)/b26-14+. The van der Waals surface area contributed by atoms with Crippen LogP contribution in [-0.2, 0) is 9.59 Å². The molecule has 11 heteroatoms. The number of rotatable bonds is 9. The fourth-order valence-electron chi connectivity index (χ4n) is 3.51. The van der Waals surface area contributed by atoms with Gasteiger partial charge in [-0.05, 0) is 66.2 Å². The molecule has 0 aliphatic carbocycles. The Morgan fingerprint density at radius 1 is 0.780 bits per heavy atom. The van der Waals surface area contributed by atoms with Gasteiger partial charge < -0.3 is 16.0 Å². The zero-order chi connectivity index (χ0) is 29.4. The predicted octanol–water partition coefficient (Wildman–Crippen LogP) is 7.93. The summed E-state index contributed by atoms with van der Waals surface area (Å²) in [4.78, 5) is 39.3. The lowest BCUT2D eigenvalue weighted by Crippen LogP contribution is -2.30. The molecule has 0 saturated carbocycles. The molecule has 0 radical (unpaired) electrons. The summed E-state index contributed by atoms with van der Waals surface area (Å²) in [6.45, 7) is 0. The third-order valence-corrected chi connectivity index (χ3v) is 7.59. The first-order valence-corrected chi connectivity index (χ1v) is 14.1. The van der Waals surface area contributed by atoms with Gasteiger partial charge in [0.25, 0.3) is 11.8 Å². The van der Waals surface area contributed by atoms with Crippen molar-refractivity contribution in [2.45, 2.75) is 4.90 Å². The van der Waals surface area contributed by atoms with Crippen molar-refractivity contribution >= 4 is 81.7 Å². The Bertz CT molecular complexity index is 1630. The predicted molar refractivity (Wildman–Crippen MR) is 164 cm³/mol. The minimum absolute atomic E-state index is 0.0535. The van der Waals surface area contributed by atoms with Gasteiger partial charge in [-0.1, -0.05) is 71.2 Å². The van der Waals surface area contributed by atoms with Gasteiger partial charge in [0.15, 0.2) is 0 Å². The SMILES string of the molecule is O=C(CSc1cccc(NC(=O)/C(=C\c2cccc(Cl)c2Cl)NC(=O)c2ccccc2)c1)Nc1ccc(F)c(Cl)c1. The highest BCUT2D eigenvalue weighted by molar-refractivity contribution is 8.00. The minimum Gasteiger partial charge on any atom is -0.325 e. The van der Waals surface area contributed by atoms with E-state index >= 15 is 0 Å². The molecule has 0 spiro atoms. The summed E-state index contributed by atoms with van der Waals surface area (Å²) in [5.41, 5.74) is 1.55. The van der Waals surface area contributed by atoms with Gasteiger partial charge in [-0.2, -0.15) is 0 Å². The molecule has 6 nitrogen and oxygen atoms in total. The molecule has 0 fully saturated rings. The van der Waals surface area contributed by atoms with Gasteiger partial charge in [0.2, 0.25) is 5.91 Å². The largest absolute Gasteiger partial charge is 0.325 e. The lowest BCUT2D eigenvalue weighted by molar-refractivity contribution is -0.114. The molecule has 4 aromatic rings. The summed E-state index contributed by atoms with van der Waals surface area (Å²) in [6, 6.07) is 24.2. The molecule has 0 aliphatic rings. The van der Waals surface area contributed by atoms with Crippen LogP contribution in [0.15, 0.2) is 102 Å². The van der Waals surface area contributed by atoms with E-state index in [0.717, 1.165) is 0 Å². The van der Waals surface area contributed by atoms with Crippen LogP contribution in [0.25, 0.3) is 6.08 Å².